The Morgan fingerprint density at radius 1 is 0.918 bits per heavy atom. The number of ether oxygens (including phenoxy) is 1. The van der Waals surface area contributed by atoms with Crippen molar-refractivity contribution in [2.45, 2.75) is 144 Å². The molecule has 0 radical (unpaired) electrons. The van der Waals surface area contributed by atoms with Gasteiger partial charge in [-0.05, 0) is 130 Å². The van der Waals surface area contributed by atoms with E-state index in [4.69, 9.17) is 4.74 Å². The van der Waals surface area contributed by atoms with Crippen LogP contribution >= 0.6 is 0 Å². The lowest BCUT2D eigenvalue weighted by Crippen LogP contribution is -2.81. The molecule has 11 rings (SSSR count). The lowest BCUT2D eigenvalue weighted by atomic mass is 9.34. The van der Waals surface area contributed by atoms with E-state index < -0.39 is 69.0 Å². The molecule has 61 heavy (non-hydrogen) atoms. The van der Waals surface area contributed by atoms with Crippen LogP contribution in [0.15, 0.2) is 48.1 Å². The Hall–Kier alpha value is -2.88. The number of rotatable bonds is 5. The fourth-order valence-corrected chi connectivity index (χ4v) is 18.2. The number of hydrogen-bond acceptors (Lipinski definition) is 10. The van der Waals surface area contributed by atoms with Crippen molar-refractivity contribution in [2.75, 3.05) is 13.3 Å². The number of aliphatic hydroxyl groups is 6. The molecular formula is C51H65NO9. The summed E-state index contributed by atoms with van der Waals surface area (Å²) in [6.45, 7) is -0.662. The van der Waals surface area contributed by atoms with E-state index in [2.05, 4.69) is 29.3 Å². The van der Waals surface area contributed by atoms with Crippen molar-refractivity contribution in [1.82, 2.24) is 5.32 Å². The number of carbonyl (C=O) groups excluding carboxylic acids is 2. The number of nitrogens with one attached hydrogen (secondary N) is 1. The first-order valence-electron chi connectivity index (χ1n) is 23.9. The van der Waals surface area contributed by atoms with Crippen LogP contribution in [0.5, 0.6) is 0 Å². The number of hydrogen-bond donors (Lipinski definition) is 7. The van der Waals surface area contributed by atoms with Crippen LogP contribution in [-0.2, 0) is 20.7 Å². The molecule has 10 nitrogen and oxygen atoms in total. The molecule has 0 amide bonds. The van der Waals surface area contributed by atoms with E-state index in [0.717, 1.165) is 23.8 Å². The van der Waals surface area contributed by atoms with Gasteiger partial charge >= 0.3 is 5.97 Å². The van der Waals surface area contributed by atoms with Crippen molar-refractivity contribution in [3.63, 3.8) is 0 Å². The maximum Gasteiger partial charge on any atom is 0.331 e. The topological polar surface area (TPSA) is 177 Å². The maximum atomic E-state index is 14.4. The van der Waals surface area contributed by atoms with Crippen LogP contribution in [0.2, 0.25) is 0 Å². The van der Waals surface area contributed by atoms with Crippen molar-refractivity contribution in [2.24, 2.45) is 69.5 Å². The van der Waals surface area contributed by atoms with Crippen molar-refractivity contribution < 1.29 is 45.0 Å². The van der Waals surface area contributed by atoms with E-state index in [0.29, 0.717) is 75.2 Å². The SMILES string of the molecule is O=C[C@@]12CC[C@H](O)[C@H]3C[C@H]4C=CC[C@H](C5CCCC5)[C@H]4C[C@@H](C[C@]4(O)[C@@H]1CC[C@@]15CCC#Cc6ccccc6C[C@@H](NCO)[C@H]6C[C@H](C[C@@]14O)[C@]5(CO)C1=CC(=O)O[C@@H]16)[C@]32O. The van der Waals surface area contributed by atoms with Gasteiger partial charge in [-0.3, -0.25) is 5.32 Å². The van der Waals surface area contributed by atoms with Crippen LogP contribution in [0.1, 0.15) is 114 Å². The molecule has 1 spiro atoms. The lowest BCUT2D eigenvalue weighted by Gasteiger charge is -2.72. The van der Waals surface area contributed by atoms with Gasteiger partial charge in [0, 0.05) is 52.7 Å². The zero-order valence-corrected chi connectivity index (χ0v) is 35.4. The first-order valence-corrected chi connectivity index (χ1v) is 23.9. The normalized spacial score (nSPS) is 50.6. The zero-order valence-electron chi connectivity index (χ0n) is 35.4. The molecule has 328 valence electrons. The van der Waals surface area contributed by atoms with Gasteiger partial charge in [-0.2, -0.15) is 0 Å². The van der Waals surface area contributed by atoms with Crippen molar-refractivity contribution in [3.8, 4) is 11.8 Å². The molecule has 1 aromatic carbocycles. The monoisotopic (exact) mass is 835 g/mol. The third kappa shape index (κ3) is 5.12. The van der Waals surface area contributed by atoms with E-state index in [9.17, 15) is 40.2 Å². The van der Waals surface area contributed by atoms with Crippen LogP contribution in [0, 0.1) is 81.3 Å². The molecule has 1 aliphatic heterocycles. The molecule has 10 aliphatic rings. The molecular weight excluding hydrogens is 771 g/mol. The van der Waals surface area contributed by atoms with Gasteiger partial charge in [0.05, 0.1) is 36.1 Å². The molecule has 7 fully saturated rings. The molecule has 0 unspecified atom stereocenters. The Morgan fingerprint density at radius 3 is 2.51 bits per heavy atom. The predicted octanol–water partition coefficient (Wildman–Crippen LogP) is 4.51. The van der Waals surface area contributed by atoms with Gasteiger partial charge in [0.15, 0.2) is 0 Å². The average molecular weight is 836 g/mol. The van der Waals surface area contributed by atoms with Crippen LogP contribution in [-0.4, -0.2) is 91.3 Å². The highest BCUT2D eigenvalue weighted by Gasteiger charge is 2.86. The predicted molar refractivity (Wildman–Crippen MR) is 225 cm³/mol. The average Bonchev–Trinajstić information content (AvgIpc) is 3.96. The molecule has 7 N–H and O–H groups in total. The third-order valence-electron chi connectivity index (χ3n) is 20.4. The van der Waals surface area contributed by atoms with Crippen LogP contribution in [0.3, 0.4) is 0 Å². The van der Waals surface area contributed by atoms with E-state index >= 15 is 0 Å². The summed E-state index contributed by atoms with van der Waals surface area (Å²) in [5.41, 5.74) is -6.46. The highest BCUT2D eigenvalue weighted by Crippen LogP contribution is 2.81. The van der Waals surface area contributed by atoms with Gasteiger partial charge in [0.25, 0.3) is 0 Å². The number of aliphatic hydroxyl groups excluding tert-OH is 3. The summed E-state index contributed by atoms with van der Waals surface area (Å²) >= 11 is 0. The van der Waals surface area contributed by atoms with Gasteiger partial charge in [-0.25, -0.2) is 4.79 Å². The Morgan fingerprint density at radius 2 is 1.72 bits per heavy atom. The van der Waals surface area contributed by atoms with Crippen molar-refractivity contribution in [3.05, 3.63) is 59.2 Å². The second-order valence-corrected chi connectivity index (χ2v) is 21.7. The van der Waals surface area contributed by atoms with Gasteiger partial charge in [-0.15, -0.1) is 0 Å². The number of fused-ring (bicyclic) bond motifs is 8. The Bertz CT molecular complexity index is 2090. The van der Waals surface area contributed by atoms with E-state index in [1.165, 1.54) is 25.7 Å². The number of esters is 1. The van der Waals surface area contributed by atoms with E-state index in [-0.39, 0.29) is 62.3 Å². The molecule has 0 saturated heterocycles. The van der Waals surface area contributed by atoms with Gasteiger partial charge < -0.3 is 40.2 Å². The molecule has 0 aromatic heterocycles. The quantitative estimate of drug-likeness (QED) is 0.0735. The molecule has 10 heteroatoms. The number of benzene rings is 1. The number of carbonyl (C=O) groups is 2. The van der Waals surface area contributed by atoms with Gasteiger partial charge in [0.1, 0.15) is 18.0 Å². The summed E-state index contributed by atoms with van der Waals surface area (Å²) < 4.78 is 6.24. The molecule has 1 heterocycles. The first kappa shape index (κ1) is 40.9. The zero-order chi connectivity index (χ0) is 42.2. The largest absolute Gasteiger partial charge is 0.454 e. The molecule has 17 atom stereocenters. The summed E-state index contributed by atoms with van der Waals surface area (Å²) in [7, 11) is 0. The second kappa shape index (κ2) is 14.3. The number of aldehydes is 1. The van der Waals surface area contributed by atoms with E-state index in [1.807, 2.05) is 24.3 Å². The lowest BCUT2D eigenvalue weighted by molar-refractivity contribution is -0.348. The van der Waals surface area contributed by atoms with Gasteiger partial charge in [-0.1, -0.05) is 67.9 Å². The fourth-order valence-electron chi connectivity index (χ4n) is 18.2. The van der Waals surface area contributed by atoms with Gasteiger partial charge in [0.2, 0.25) is 0 Å². The third-order valence-corrected chi connectivity index (χ3v) is 20.4. The standard InChI is InChI=1S/C51H65NO9/c53-27-46-18-15-42(56)39-20-33-13-7-14-36(31-10-2-3-11-31)37(33)23-35(51(39,46)60)25-49(58)43(46)16-19-47-17-6-5-9-30-8-1-4-12-32(30)21-41(52-29-55)38-22-34(26-50(47,49)59)48(47,28-54)40-24-44(57)61-45(38)40/h1,4,7-8,12-13,24,27,31,33-39,41-43,45,52,54-56,58-60H,2-3,6,10-11,14-23,25-26,28-29H2/t33-,34-,35+,36-,37+,38-,39-,41-,42+,43-,45-,46+,47-,48-,49+,50-,51+/m1/s1. The molecule has 4 bridgehead atoms. The fraction of sp³-hybridized carbons (Fsp3) is 0.725. The van der Waals surface area contributed by atoms with Crippen molar-refractivity contribution >= 4 is 12.3 Å². The van der Waals surface area contributed by atoms with Crippen LogP contribution in [0.4, 0.5) is 0 Å². The minimum atomic E-state index is -1.85. The van der Waals surface area contributed by atoms with E-state index in [1.54, 1.807) is 6.08 Å². The molecule has 1 aromatic rings. The Balaban J connectivity index is 1.09. The highest BCUT2D eigenvalue weighted by molar-refractivity contribution is 5.87. The smallest absolute Gasteiger partial charge is 0.331 e. The van der Waals surface area contributed by atoms with Crippen LogP contribution < -0.4 is 5.32 Å². The van der Waals surface area contributed by atoms with Crippen LogP contribution in [0.25, 0.3) is 0 Å². The molecule has 7 saturated carbocycles. The Kier molecular flexibility index (Phi) is 9.59. The summed E-state index contributed by atoms with van der Waals surface area (Å²) in [5, 5.41) is 80.2. The van der Waals surface area contributed by atoms with Crippen molar-refractivity contribution in [1.29, 1.82) is 0 Å². The summed E-state index contributed by atoms with van der Waals surface area (Å²) in [6, 6.07) is 7.63. The first-order chi connectivity index (χ1) is 29.4. The maximum absolute atomic E-state index is 14.4. The summed E-state index contributed by atoms with van der Waals surface area (Å²) in [5.74, 6) is 5.11. The second-order valence-electron chi connectivity index (χ2n) is 21.7. The Labute approximate surface area is 359 Å². The molecule has 9 aliphatic carbocycles. The number of allylic oxidation sites excluding steroid dienone is 2. The summed E-state index contributed by atoms with van der Waals surface area (Å²) in [4.78, 5) is 27.9. The minimum Gasteiger partial charge on any atom is -0.454 e. The minimum absolute atomic E-state index is 0.0822. The highest BCUT2D eigenvalue weighted by atomic mass is 16.5. The summed E-state index contributed by atoms with van der Waals surface area (Å²) in [6.07, 6.45) is 15.7.